The maximum atomic E-state index is 11.6. The molecular formula is C35H64O6. The normalized spacial score (nSPS) is 23.0. The lowest BCUT2D eigenvalue weighted by Gasteiger charge is -2.22. The smallest absolute Gasteiger partial charge is 0.334 e. The molecule has 6 atom stereocenters. The van der Waals surface area contributed by atoms with Crippen molar-refractivity contribution in [1.82, 2.24) is 0 Å². The number of esters is 1. The number of ether oxygens (including phenoxy) is 2. The fraction of sp³-hybridized carbons (Fsp3) is 0.914. The second-order valence-electron chi connectivity index (χ2n) is 13.0. The third-order valence-corrected chi connectivity index (χ3v) is 9.03. The molecule has 0 saturated carbocycles. The number of cyclic esters (lactones) is 1. The molecule has 1 saturated heterocycles. The lowest BCUT2D eigenvalue weighted by atomic mass is 9.99. The summed E-state index contributed by atoms with van der Waals surface area (Å²) in [7, 11) is 0. The zero-order valence-corrected chi connectivity index (χ0v) is 26.6. The maximum absolute atomic E-state index is 11.6. The van der Waals surface area contributed by atoms with Gasteiger partial charge in [-0.25, -0.2) is 4.79 Å². The Balaban J connectivity index is 1.37. The van der Waals surface area contributed by atoms with Crippen molar-refractivity contribution in [2.75, 3.05) is 0 Å². The van der Waals surface area contributed by atoms with Gasteiger partial charge in [0, 0.05) is 12.0 Å². The van der Waals surface area contributed by atoms with E-state index in [-0.39, 0.29) is 24.3 Å². The highest BCUT2D eigenvalue weighted by Gasteiger charge is 2.34. The van der Waals surface area contributed by atoms with Crippen LogP contribution in [0.1, 0.15) is 168 Å². The highest BCUT2D eigenvalue weighted by Crippen LogP contribution is 2.28. The van der Waals surface area contributed by atoms with E-state index in [4.69, 9.17) is 9.47 Å². The van der Waals surface area contributed by atoms with Crippen molar-refractivity contribution in [3.8, 4) is 0 Å². The minimum Gasteiger partial charge on any atom is -0.455 e. The molecule has 2 heterocycles. The van der Waals surface area contributed by atoms with E-state index in [2.05, 4.69) is 6.92 Å². The van der Waals surface area contributed by atoms with Crippen LogP contribution in [-0.2, 0) is 14.3 Å². The molecule has 41 heavy (non-hydrogen) atoms. The number of hydrogen-bond acceptors (Lipinski definition) is 6. The summed E-state index contributed by atoms with van der Waals surface area (Å²) in [6.07, 6.45) is 26.7. The third kappa shape index (κ3) is 16.5. The van der Waals surface area contributed by atoms with Crippen molar-refractivity contribution < 1.29 is 29.6 Å². The van der Waals surface area contributed by atoms with Gasteiger partial charge in [0.25, 0.3) is 0 Å². The van der Waals surface area contributed by atoms with E-state index in [1.807, 2.05) is 13.0 Å². The molecule has 240 valence electrons. The van der Waals surface area contributed by atoms with Crippen molar-refractivity contribution in [2.24, 2.45) is 0 Å². The lowest BCUT2D eigenvalue weighted by Crippen LogP contribution is -2.31. The average molecular weight is 581 g/mol. The summed E-state index contributed by atoms with van der Waals surface area (Å²) in [6, 6.07) is 0. The quantitative estimate of drug-likeness (QED) is 0.0707. The van der Waals surface area contributed by atoms with E-state index in [9.17, 15) is 20.1 Å². The highest BCUT2D eigenvalue weighted by molar-refractivity contribution is 5.90. The van der Waals surface area contributed by atoms with Crippen LogP contribution >= 0.6 is 0 Å². The molecule has 0 amide bonds. The Kier molecular flexibility index (Phi) is 20.0. The Morgan fingerprint density at radius 3 is 1.51 bits per heavy atom. The number of hydrogen-bond donors (Lipinski definition) is 3. The Morgan fingerprint density at radius 1 is 0.683 bits per heavy atom. The van der Waals surface area contributed by atoms with Gasteiger partial charge in [-0.2, -0.15) is 0 Å². The second kappa shape index (κ2) is 22.6. The summed E-state index contributed by atoms with van der Waals surface area (Å²) in [4.78, 5) is 11.6. The van der Waals surface area contributed by atoms with Crippen LogP contribution in [-0.4, -0.2) is 57.9 Å². The fourth-order valence-corrected chi connectivity index (χ4v) is 6.40. The molecule has 0 radical (unpaired) electrons. The Labute approximate surface area is 251 Å². The van der Waals surface area contributed by atoms with Crippen LogP contribution in [0.3, 0.4) is 0 Å². The maximum Gasteiger partial charge on any atom is 0.334 e. The van der Waals surface area contributed by atoms with E-state index in [0.717, 1.165) is 64.2 Å². The topological polar surface area (TPSA) is 96.2 Å². The average Bonchev–Trinajstić information content (AvgIpc) is 3.57. The minimum absolute atomic E-state index is 0.102. The fourth-order valence-electron chi connectivity index (χ4n) is 6.40. The summed E-state index contributed by atoms with van der Waals surface area (Å²) in [5.74, 6) is -0.280. The first kappa shape index (κ1) is 36.2. The van der Waals surface area contributed by atoms with Crippen LogP contribution in [0, 0.1) is 0 Å². The van der Waals surface area contributed by atoms with Gasteiger partial charge in [-0.1, -0.05) is 122 Å². The first-order valence-corrected chi connectivity index (χ1v) is 17.5. The van der Waals surface area contributed by atoms with Crippen LogP contribution < -0.4 is 0 Å². The first-order chi connectivity index (χ1) is 19.9. The number of carbonyl (C=O) groups excluding carboxylic acids is 1. The van der Waals surface area contributed by atoms with E-state index in [1.54, 1.807) is 0 Å². The Hall–Kier alpha value is -0.950. The zero-order chi connectivity index (χ0) is 29.7. The van der Waals surface area contributed by atoms with Crippen LogP contribution in [0.2, 0.25) is 0 Å². The number of rotatable bonds is 26. The summed E-state index contributed by atoms with van der Waals surface area (Å²) < 4.78 is 11.2. The number of carbonyl (C=O) groups is 1. The molecular weight excluding hydrogens is 516 g/mol. The number of aliphatic hydroxyl groups excluding tert-OH is 3. The predicted molar refractivity (Wildman–Crippen MR) is 167 cm³/mol. The van der Waals surface area contributed by atoms with Gasteiger partial charge in [0.15, 0.2) is 0 Å². The van der Waals surface area contributed by atoms with Gasteiger partial charge in [0.05, 0.1) is 30.5 Å². The summed E-state index contributed by atoms with van der Waals surface area (Å²) in [5.41, 5.74) is 0.617. The molecule has 2 aliphatic rings. The SMILES string of the molecule is CCCCCCCCCCCC[C@H](O)[C@@H]1CC[C@H]([C@H](O)CCCCCCCCCC[C@@H](O)CC2=C[C@H](C)OC2=O)O1. The van der Waals surface area contributed by atoms with Crippen LogP contribution in [0.15, 0.2) is 11.6 Å². The van der Waals surface area contributed by atoms with Crippen LogP contribution in [0.5, 0.6) is 0 Å². The summed E-state index contributed by atoms with van der Waals surface area (Å²) >= 11 is 0. The largest absolute Gasteiger partial charge is 0.455 e. The molecule has 0 aromatic carbocycles. The molecule has 0 unspecified atom stereocenters. The molecule has 1 fully saturated rings. The molecule has 2 rings (SSSR count). The number of unbranched alkanes of at least 4 members (excludes halogenated alkanes) is 16. The third-order valence-electron chi connectivity index (χ3n) is 9.03. The zero-order valence-electron chi connectivity index (χ0n) is 26.6. The molecule has 6 nitrogen and oxygen atoms in total. The van der Waals surface area contributed by atoms with E-state index >= 15 is 0 Å². The molecule has 0 aliphatic carbocycles. The lowest BCUT2D eigenvalue weighted by molar-refractivity contribution is -0.139. The summed E-state index contributed by atoms with van der Waals surface area (Å²) in [5, 5.41) is 31.4. The van der Waals surface area contributed by atoms with Crippen molar-refractivity contribution in [2.45, 2.75) is 205 Å². The monoisotopic (exact) mass is 580 g/mol. The van der Waals surface area contributed by atoms with Gasteiger partial charge in [-0.15, -0.1) is 0 Å². The van der Waals surface area contributed by atoms with Gasteiger partial charge in [-0.05, 0) is 45.1 Å². The van der Waals surface area contributed by atoms with Gasteiger partial charge >= 0.3 is 5.97 Å². The number of aliphatic hydroxyl groups is 3. The molecule has 0 spiro atoms. The van der Waals surface area contributed by atoms with Gasteiger partial charge < -0.3 is 24.8 Å². The summed E-state index contributed by atoms with van der Waals surface area (Å²) in [6.45, 7) is 4.10. The minimum atomic E-state index is -0.461. The van der Waals surface area contributed by atoms with E-state index in [0.29, 0.717) is 12.0 Å². The highest BCUT2D eigenvalue weighted by atomic mass is 16.5. The van der Waals surface area contributed by atoms with Gasteiger partial charge in [0.2, 0.25) is 0 Å². The van der Waals surface area contributed by atoms with Crippen molar-refractivity contribution in [3.63, 3.8) is 0 Å². The van der Waals surface area contributed by atoms with Gasteiger partial charge in [0.1, 0.15) is 6.10 Å². The van der Waals surface area contributed by atoms with Crippen molar-refractivity contribution >= 4 is 5.97 Å². The second-order valence-corrected chi connectivity index (χ2v) is 13.0. The van der Waals surface area contributed by atoms with Crippen LogP contribution in [0.4, 0.5) is 0 Å². The van der Waals surface area contributed by atoms with E-state index < -0.39 is 18.3 Å². The van der Waals surface area contributed by atoms with E-state index in [1.165, 1.54) is 83.5 Å². The van der Waals surface area contributed by atoms with Crippen molar-refractivity contribution in [3.05, 3.63) is 11.6 Å². The first-order valence-electron chi connectivity index (χ1n) is 17.5. The molecule has 0 aromatic rings. The predicted octanol–water partition coefficient (Wildman–Crippen LogP) is 8.09. The molecule has 6 heteroatoms. The Bertz CT molecular complexity index is 694. The molecule has 0 bridgehead atoms. The molecule has 2 aliphatic heterocycles. The van der Waals surface area contributed by atoms with Crippen molar-refractivity contribution in [1.29, 1.82) is 0 Å². The standard InChI is InChI=1S/C35H64O6/c1-3-4-5-6-7-8-9-13-16-19-22-31(37)33-24-25-34(41-33)32(38)23-20-17-14-11-10-12-15-18-21-30(36)27-29-26-28(2)40-35(29)39/h26,28,30-34,36-38H,3-25,27H2,1-2H3/t28-,30+,31-,32+,33-,34+/m0/s1. The molecule has 3 N–H and O–H groups in total. The van der Waals surface area contributed by atoms with Crippen LogP contribution in [0.25, 0.3) is 0 Å². The molecule has 0 aromatic heterocycles. The Morgan fingerprint density at radius 2 is 1.10 bits per heavy atom. The van der Waals surface area contributed by atoms with Gasteiger partial charge in [-0.3, -0.25) is 0 Å².